The largest absolute Gasteiger partial charge is 0.354 e. The molecule has 4 nitrogen and oxygen atoms in total. The number of halogens is 5. The fourth-order valence-corrected chi connectivity index (χ4v) is 6.41. The van der Waals surface area contributed by atoms with E-state index in [-0.39, 0.29) is 5.41 Å². The van der Waals surface area contributed by atoms with Crippen LogP contribution < -0.4 is 5.32 Å². The van der Waals surface area contributed by atoms with Crippen LogP contribution in [0.1, 0.15) is 75.7 Å². The maximum Gasteiger partial charge on any atom is 0.283 e. The van der Waals surface area contributed by atoms with Gasteiger partial charge in [0, 0.05) is 6.54 Å². The summed E-state index contributed by atoms with van der Waals surface area (Å²) in [5, 5.41) is 5.63. The van der Waals surface area contributed by atoms with Crippen LogP contribution in [-0.4, -0.2) is 22.2 Å². The zero-order valence-corrected chi connectivity index (χ0v) is 16.4. The molecule has 0 radical (unpaired) electrons. The van der Waals surface area contributed by atoms with Crippen LogP contribution in [0, 0.1) is 23.2 Å². The van der Waals surface area contributed by atoms with Crippen molar-refractivity contribution in [2.75, 3.05) is 6.54 Å². The second kappa shape index (κ2) is 7.18. The molecule has 4 saturated carbocycles. The molecule has 1 N–H and O–H groups in total. The highest BCUT2D eigenvalue weighted by Gasteiger charge is 2.50. The molecular weight excluding hydrogens is 398 g/mol. The second-order valence-electron chi connectivity index (χ2n) is 8.94. The average Bonchev–Trinajstić information content (AvgIpc) is 2.95. The van der Waals surface area contributed by atoms with E-state index in [4.69, 9.17) is 11.6 Å². The van der Waals surface area contributed by atoms with Crippen LogP contribution >= 0.6 is 11.6 Å². The van der Waals surface area contributed by atoms with Crippen LogP contribution in [0.25, 0.3) is 0 Å². The van der Waals surface area contributed by atoms with Crippen LogP contribution in [0.5, 0.6) is 0 Å². The van der Waals surface area contributed by atoms with Crippen molar-refractivity contribution in [3.8, 4) is 0 Å². The Labute approximate surface area is 166 Å². The molecule has 0 spiro atoms. The van der Waals surface area contributed by atoms with Gasteiger partial charge in [0.25, 0.3) is 12.9 Å². The molecule has 0 aromatic carbocycles. The van der Waals surface area contributed by atoms with Crippen molar-refractivity contribution in [1.29, 1.82) is 0 Å². The first kappa shape index (κ1) is 20.0. The predicted octanol–water partition coefficient (Wildman–Crippen LogP) is 5.31. The summed E-state index contributed by atoms with van der Waals surface area (Å²) in [5.74, 6) is 1.68. The van der Waals surface area contributed by atoms with E-state index in [1.54, 1.807) is 0 Å². The minimum atomic E-state index is -3.11. The fourth-order valence-electron chi connectivity index (χ4n) is 6.12. The van der Waals surface area contributed by atoms with Crippen molar-refractivity contribution in [2.45, 2.75) is 64.3 Å². The lowest BCUT2D eigenvalue weighted by Crippen LogP contribution is -2.51. The molecule has 1 atom stereocenters. The maximum atomic E-state index is 13.4. The van der Waals surface area contributed by atoms with E-state index in [2.05, 4.69) is 10.4 Å². The van der Waals surface area contributed by atoms with Crippen molar-refractivity contribution >= 4 is 17.5 Å². The van der Waals surface area contributed by atoms with Gasteiger partial charge in [0.1, 0.15) is 17.4 Å². The summed E-state index contributed by atoms with van der Waals surface area (Å²) >= 11 is 5.68. The molecule has 1 amide bonds. The maximum absolute atomic E-state index is 13.4. The van der Waals surface area contributed by atoms with E-state index in [1.165, 1.54) is 26.2 Å². The Hall–Kier alpha value is -1.31. The lowest BCUT2D eigenvalue weighted by atomic mass is 9.49. The van der Waals surface area contributed by atoms with Crippen LogP contribution in [0.2, 0.25) is 5.02 Å². The Bertz CT molecular complexity index is 731. The van der Waals surface area contributed by atoms with E-state index in [0.717, 1.165) is 37.0 Å². The topological polar surface area (TPSA) is 46.9 Å². The number of nitrogens with one attached hydrogen (secondary N) is 1. The van der Waals surface area contributed by atoms with Crippen molar-refractivity contribution in [3.63, 3.8) is 0 Å². The summed E-state index contributed by atoms with van der Waals surface area (Å²) in [6.45, 7) is 1.87. The summed E-state index contributed by atoms with van der Waals surface area (Å²) in [6.07, 6.45) is 0.938. The smallest absolute Gasteiger partial charge is 0.283 e. The van der Waals surface area contributed by atoms with Gasteiger partial charge in [-0.3, -0.25) is 4.79 Å². The van der Waals surface area contributed by atoms with Gasteiger partial charge in [-0.2, -0.15) is 5.10 Å². The number of carbonyl (C=O) groups is 1. The molecule has 0 saturated heterocycles. The second-order valence-corrected chi connectivity index (χ2v) is 9.32. The molecule has 1 heterocycles. The van der Waals surface area contributed by atoms with Crippen LogP contribution in [0.15, 0.2) is 0 Å². The fraction of sp³-hybridized carbons (Fsp3) is 0.789. The van der Waals surface area contributed by atoms with E-state index in [1.807, 2.05) is 0 Å². The van der Waals surface area contributed by atoms with Gasteiger partial charge in [0.05, 0.1) is 5.02 Å². The Morgan fingerprint density at radius 1 is 1.14 bits per heavy atom. The highest BCUT2D eigenvalue weighted by molar-refractivity contribution is 6.32. The molecule has 9 heteroatoms. The van der Waals surface area contributed by atoms with E-state index >= 15 is 0 Å². The van der Waals surface area contributed by atoms with Gasteiger partial charge in [0.15, 0.2) is 0 Å². The third-order valence-electron chi connectivity index (χ3n) is 6.87. The third-order valence-corrected chi connectivity index (χ3v) is 7.26. The number of carbonyl (C=O) groups excluding carboxylic acids is 1. The molecule has 156 valence electrons. The minimum absolute atomic E-state index is 0.0889. The van der Waals surface area contributed by atoms with E-state index in [0.29, 0.717) is 11.2 Å². The van der Waals surface area contributed by atoms with Crippen molar-refractivity contribution in [1.82, 2.24) is 15.1 Å². The van der Waals surface area contributed by atoms with Gasteiger partial charge < -0.3 is 5.32 Å². The third kappa shape index (κ3) is 3.42. The molecule has 4 bridgehead atoms. The summed E-state index contributed by atoms with van der Waals surface area (Å²) in [7, 11) is 0. The summed E-state index contributed by atoms with van der Waals surface area (Å²) in [4.78, 5) is 12.7. The molecule has 28 heavy (non-hydrogen) atoms. The molecule has 5 rings (SSSR count). The van der Waals surface area contributed by atoms with E-state index in [9.17, 15) is 22.4 Å². The standard InChI is InChI=1S/C19H24ClF4N3O/c1-9(27-15(17(23)24)13(20)14(26-27)16(21)22)18(28)25-8-19-5-10-2-11(6-19)4-12(3-10)7-19/h9-12,16-17H,2-8H2,1H3,(H,25,28). The van der Waals surface area contributed by atoms with Gasteiger partial charge in [-0.05, 0) is 68.6 Å². The van der Waals surface area contributed by atoms with Crippen LogP contribution in [0.4, 0.5) is 17.6 Å². The number of amides is 1. The Kier molecular flexibility index (Phi) is 5.13. The molecule has 0 aliphatic heterocycles. The van der Waals surface area contributed by atoms with Gasteiger partial charge in [-0.25, -0.2) is 22.2 Å². The van der Waals surface area contributed by atoms with Gasteiger partial charge in [0.2, 0.25) is 5.91 Å². The van der Waals surface area contributed by atoms with Crippen LogP contribution in [0.3, 0.4) is 0 Å². The number of rotatable bonds is 6. The monoisotopic (exact) mass is 421 g/mol. The Morgan fingerprint density at radius 2 is 1.68 bits per heavy atom. The van der Waals surface area contributed by atoms with Gasteiger partial charge >= 0.3 is 0 Å². The lowest BCUT2D eigenvalue weighted by molar-refractivity contribution is -0.126. The van der Waals surface area contributed by atoms with Gasteiger partial charge in [-0.15, -0.1) is 0 Å². The summed E-state index contributed by atoms with van der Waals surface area (Å²) in [6, 6.07) is -1.15. The first-order valence-electron chi connectivity index (χ1n) is 9.81. The SMILES string of the molecule is CC(C(=O)NCC12CC3CC(CC(C3)C1)C2)n1nc(C(F)F)c(Cl)c1C(F)F. The Balaban J connectivity index is 1.48. The number of alkyl halides is 4. The molecule has 1 aromatic rings. The number of nitrogens with zero attached hydrogens (tertiary/aromatic N) is 2. The first-order chi connectivity index (χ1) is 13.2. The normalized spacial score (nSPS) is 32.4. The first-order valence-corrected chi connectivity index (χ1v) is 10.2. The zero-order valence-electron chi connectivity index (χ0n) is 15.6. The molecule has 1 unspecified atom stereocenters. The van der Waals surface area contributed by atoms with Crippen molar-refractivity contribution in [3.05, 3.63) is 16.4 Å². The lowest BCUT2D eigenvalue weighted by Gasteiger charge is -2.57. The quantitative estimate of drug-likeness (QED) is 0.633. The molecule has 1 aromatic heterocycles. The van der Waals surface area contributed by atoms with Crippen molar-refractivity contribution in [2.24, 2.45) is 23.2 Å². The molecular formula is C19H24ClF4N3O. The highest BCUT2D eigenvalue weighted by Crippen LogP contribution is 2.59. The summed E-state index contributed by atoms with van der Waals surface area (Å²) in [5.41, 5.74) is -1.67. The molecule has 4 aliphatic carbocycles. The highest BCUT2D eigenvalue weighted by atomic mass is 35.5. The average molecular weight is 422 g/mol. The molecule has 4 aliphatic rings. The van der Waals surface area contributed by atoms with Gasteiger partial charge in [-0.1, -0.05) is 11.6 Å². The summed E-state index contributed by atoms with van der Waals surface area (Å²) < 4.78 is 53.4. The van der Waals surface area contributed by atoms with Crippen LogP contribution in [-0.2, 0) is 4.79 Å². The number of aromatic nitrogens is 2. The minimum Gasteiger partial charge on any atom is -0.354 e. The van der Waals surface area contributed by atoms with Crippen molar-refractivity contribution < 1.29 is 22.4 Å². The zero-order chi connectivity index (χ0) is 20.2. The predicted molar refractivity (Wildman–Crippen MR) is 95.5 cm³/mol. The Morgan fingerprint density at radius 3 is 2.14 bits per heavy atom. The van der Waals surface area contributed by atoms with E-state index < -0.39 is 41.2 Å². The molecule has 4 fully saturated rings. The number of hydrogen-bond acceptors (Lipinski definition) is 2. The number of hydrogen-bond donors (Lipinski definition) is 1.